The van der Waals surface area contributed by atoms with Crippen LogP contribution in [0.25, 0.3) is 0 Å². The molecule has 1 atom stereocenters. The summed E-state index contributed by atoms with van der Waals surface area (Å²) >= 11 is 0. The third-order valence-corrected chi connectivity index (χ3v) is 4.89. The molecule has 2 amide bonds. The van der Waals surface area contributed by atoms with Crippen LogP contribution in [0, 0.1) is 17.6 Å². The summed E-state index contributed by atoms with van der Waals surface area (Å²) in [5.74, 6) is -1.80. The van der Waals surface area contributed by atoms with Gasteiger partial charge < -0.3 is 10.2 Å². The predicted octanol–water partition coefficient (Wildman–Crippen LogP) is 2.70. The van der Waals surface area contributed by atoms with Crippen LogP contribution in [0.4, 0.5) is 8.78 Å². The Morgan fingerprint density at radius 3 is 2.79 bits per heavy atom. The number of benzene rings is 1. The number of piperidine rings is 1. The van der Waals surface area contributed by atoms with Crippen molar-refractivity contribution in [3.05, 3.63) is 59.4 Å². The van der Waals surface area contributed by atoms with E-state index in [2.05, 4.69) is 15.5 Å². The molecule has 6 nitrogen and oxygen atoms in total. The zero-order valence-corrected chi connectivity index (χ0v) is 15.4. The maximum Gasteiger partial charge on any atom is 0.255 e. The lowest BCUT2D eigenvalue weighted by molar-refractivity contribution is -0.121. The molecule has 0 saturated carbocycles. The molecule has 1 N–H and O–H groups in total. The molecular formula is C20H22F2N4O2. The predicted molar refractivity (Wildman–Crippen MR) is 98.1 cm³/mol. The van der Waals surface area contributed by atoms with Crippen molar-refractivity contribution in [3.63, 3.8) is 0 Å². The standard InChI is InChI=1S/C20H22F2N4O2/c21-17-5-3-15(10-18(17)22)11-23-19(27)6-4-14-2-1-9-26(13-14)20(28)16-7-8-24-25-12-16/h3,5,7-8,10,12,14H,1-2,4,6,9,11,13H2,(H,23,27). The van der Waals surface area contributed by atoms with Gasteiger partial charge in [-0.3, -0.25) is 9.59 Å². The van der Waals surface area contributed by atoms with Crippen LogP contribution in [-0.2, 0) is 11.3 Å². The van der Waals surface area contributed by atoms with E-state index in [0.29, 0.717) is 37.1 Å². The third-order valence-electron chi connectivity index (χ3n) is 4.89. The highest BCUT2D eigenvalue weighted by molar-refractivity contribution is 5.93. The van der Waals surface area contributed by atoms with E-state index in [0.717, 1.165) is 25.0 Å². The van der Waals surface area contributed by atoms with Crippen LogP contribution in [0.5, 0.6) is 0 Å². The van der Waals surface area contributed by atoms with Crippen LogP contribution in [-0.4, -0.2) is 40.0 Å². The van der Waals surface area contributed by atoms with Crippen molar-refractivity contribution >= 4 is 11.8 Å². The minimum Gasteiger partial charge on any atom is -0.352 e. The van der Waals surface area contributed by atoms with Crippen molar-refractivity contribution in [3.8, 4) is 0 Å². The monoisotopic (exact) mass is 388 g/mol. The van der Waals surface area contributed by atoms with Gasteiger partial charge in [0.15, 0.2) is 11.6 Å². The van der Waals surface area contributed by atoms with Crippen LogP contribution in [0.1, 0.15) is 41.6 Å². The van der Waals surface area contributed by atoms with Gasteiger partial charge in [-0.05, 0) is 48.9 Å². The summed E-state index contributed by atoms with van der Waals surface area (Å²) in [4.78, 5) is 26.4. The van der Waals surface area contributed by atoms with Crippen molar-refractivity contribution in [1.29, 1.82) is 0 Å². The lowest BCUT2D eigenvalue weighted by Gasteiger charge is -2.32. The molecule has 2 heterocycles. The SMILES string of the molecule is O=C(CCC1CCCN(C(=O)c2ccnnc2)C1)NCc1ccc(F)c(F)c1. The number of rotatable bonds is 6. The van der Waals surface area contributed by atoms with Gasteiger partial charge in [0.2, 0.25) is 5.91 Å². The van der Waals surface area contributed by atoms with E-state index >= 15 is 0 Å². The van der Waals surface area contributed by atoms with Gasteiger partial charge in [0.05, 0.1) is 18.0 Å². The van der Waals surface area contributed by atoms with Gasteiger partial charge in [-0.15, -0.1) is 0 Å². The molecule has 1 aromatic heterocycles. The van der Waals surface area contributed by atoms with Crippen molar-refractivity contribution < 1.29 is 18.4 Å². The van der Waals surface area contributed by atoms with E-state index in [1.165, 1.54) is 18.5 Å². The summed E-state index contributed by atoms with van der Waals surface area (Å²) < 4.78 is 26.1. The molecular weight excluding hydrogens is 366 g/mol. The molecule has 0 spiro atoms. The van der Waals surface area contributed by atoms with Crippen molar-refractivity contribution in [2.24, 2.45) is 5.92 Å². The zero-order chi connectivity index (χ0) is 19.9. The number of hydrogen-bond donors (Lipinski definition) is 1. The molecule has 0 radical (unpaired) electrons. The van der Waals surface area contributed by atoms with E-state index in [4.69, 9.17) is 0 Å². The molecule has 3 rings (SSSR count). The molecule has 8 heteroatoms. The van der Waals surface area contributed by atoms with E-state index in [9.17, 15) is 18.4 Å². The topological polar surface area (TPSA) is 75.2 Å². The van der Waals surface area contributed by atoms with Gasteiger partial charge in [0.1, 0.15) is 0 Å². The minimum atomic E-state index is -0.928. The third kappa shape index (κ3) is 5.31. The zero-order valence-electron chi connectivity index (χ0n) is 15.4. The minimum absolute atomic E-state index is 0.0672. The Kier molecular flexibility index (Phi) is 6.62. The van der Waals surface area contributed by atoms with Gasteiger partial charge in [-0.25, -0.2) is 8.78 Å². The summed E-state index contributed by atoms with van der Waals surface area (Å²) in [6, 6.07) is 5.21. The molecule has 148 valence electrons. The number of hydrogen-bond acceptors (Lipinski definition) is 4. The molecule has 1 unspecified atom stereocenters. The van der Waals surface area contributed by atoms with Gasteiger partial charge >= 0.3 is 0 Å². The summed E-state index contributed by atoms with van der Waals surface area (Å²) in [5.41, 5.74) is 1.02. The number of nitrogens with zero attached hydrogens (tertiary/aromatic N) is 3. The van der Waals surface area contributed by atoms with Gasteiger partial charge in [-0.2, -0.15) is 10.2 Å². The fourth-order valence-corrected chi connectivity index (χ4v) is 3.36. The first-order chi connectivity index (χ1) is 13.5. The molecule has 1 aliphatic rings. The van der Waals surface area contributed by atoms with Crippen molar-refractivity contribution in [1.82, 2.24) is 20.4 Å². The number of amides is 2. The summed E-state index contributed by atoms with van der Waals surface area (Å²) in [5, 5.41) is 10.1. The summed E-state index contributed by atoms with van der Waals surface area (Å²) in [6.07, 6.45) is 5.80. The molecule has 1 saturated heterocycles. The maximum atomic E-state index is 13.2. The van der Waals surface area contributed by atoms with Crippen molar-refractivity contribution in [2.75, 3.05) is 13.1 Å². The van der Waals surface area contributed by atoms with Gasteiger partial charge in [0.25, 0.3) is 5.91 Å². The average Bonchev–Trinajstić information content (AvgIpc) is 2.73. The Hall–Kier alpha value is -2.90. The Balaban J connectivity index is 1.44. The van der Waals surface area contributed by atoms with E-state index < -0.39 is 11.6 Å². The first kappa shape index (κ1) is 19.9. The fourth-order valence-electron chi connectivity index (χ4n) is 3.36. The second-order valence-electron chi connectivity index (χ2n) is 6.95. The molecule has 0 aliphatic carbocycles. The number of likely N-dealkylation sites (tertiary alicyclic amines) is 1. The van der Waals surface area contributed by atoms with Crippen molar-refractivity contribution in [2.45, 2.75) is 32.2 Å². The molecule has 0 bridgehead atoms. The molecule has 1 aromatic carbocycles. The van der Waals surface area contributed by atoms with Crippen LogP contribution in [0.2, 0.25) is 0 Å². The quantitative estimate of drug-likeness (QED) is 0.826. The molecule has 28 heavy (non-hydrogen) atoms. The van der Waals surface area contributed by atoms with Crippen LogP contribution in [0.3, 0.4) is 0 Å². The largest absolute Gasteiger partial charge is 0.352 e. The second-order valence-corrected chi connectivity index (χ2v) is 6.95. The number of aromatic nitrogens is 2. The Morgan fingerprint density at radius 2 is 2.04 bits per heavy atom. The highest BCUT2D eigenvalue weighted by atomic mass is 19.2. The van der Waals surface area contributed by atoms with Gasteiger partial charge in [-0.1, -0.05) is 6.07 Å². The molecule has 2 aromatic rings. The number of carbonyl (C=O) groups excluding carboxylic acids is 2. The van der Waals surface area contributed by atoms with Gasteiger partial charge in [0, 0.05) is 26.1 Å². The highest BCUT2D eigenvalue weighted by Crippen LogP contribution is 2.22. The normalized spacial score (nSPS) is 16.6. The molecule has 1 aliphatic heterocycles. The Morgan fingerprint density at radius 1 is 1.18 bits per heavy atom. The number of nitrogens with one attached hydrogen (secondary N) is 1. The summed E-state index contributed by atoms with van der Waals surface area (Å²) in [7, 11) is 0. The molecule has 1 fully saturated rings. The average molecular weight is 388 g/mol. The van der Waals surface area contributed by atoms with E-state index in [1.807, 2.05) is 0 Å². The van der Waals surface area contributed by atoms with Crippen LogP contribution in [0.15, 0.2) is 36.7 Å². The Bertz CT molecular complexity index is 832. The first-order valence-electron chi connectivity index (χ1n) is 9.29. The maximum absolute atomic E-state index is 13.2. The van der Waals surface area contributed by atoms with Crippen LogP contribution < -0.4 is 5.32 Å². The lowest BCUT2D eigenvalue weighted by atomic mass is 9.93. The number of carbonyl (C=O) groups is 2. The summed E-state index contributed by atoms with van der Waals surface area (Å²) in [6.45, 7) is 1.46. The Labute approximate surface area is 162 Å². The van der Waals surface area contributed by atoms with Crippen LogP contribution >= 0.6 is 0 Å². The van der Waals surface area contributed by atoms with E-state index in [-0.39, 0.29) is 24.3 Å². The highest BCUT2D eigenvalue weighted by Gasteiger charge is 2.25. The number of halogens is 2. The second kappa shape index (κ2) is 9.34. The van der Waals surface area contributed by atoms with E-state index in [1.54, 1.807) is 11.0 Å². The smallest absolute Gasteiger partial charge is 0.255 e. The fraction of sp³-hybridized carbons (Fsp3) is 0.400. The first-order valence-corrected chi connectivity index (χ1v) is 9.29. The lowest BCUT2D eigenvalue weighted by Crippen LogP contribution is -2.40.